The molecule has 1 unspecified atom stereocenters. The number of benzene rings is 2. The van der Waals surface area contributed by atoms with Gasteiger partial charge in [0.1, 0.15) is 5.41 Å². The minimum Gasteiger partial charge on any atom is -0.325 e. The molecule has 3 rings (SSSR count). The van der Waals surface area contributed by atoms with Crippen molar-refractivity contribution in [1.82, 2.24) is 0 Å². The lowest BCUT2D eigenvalue weighted by Gasteiger charge is -2.27. The Hall–Kier alpha value is -2.01. The van der Waals surface area contributed by atoms with E-state index in [2.05, 4.69) is 5.32 Å². The molecule has 0 fully saturated rings. The van der Waals surface area contributed by atoms with E-state index >= 15 is 0 Å². The fourth-order valence-electron chi connectivity index (χ4n) is 3.14. The Morgan fingerprint density at radius 2 is 1.91 bits per heavy atom. The van der Waals surface area contributed by atoms with Crippen LogP contribution in [0.15, 0.2) is 42.5 Å². The number of alkyl halides is 3. The topological polar surface area (TPSA) is 29.1 Å². The second kappa shape index (κ2) is 5.27. The van der Waals surface area contributed by atoms with E-state index in [1.54, 1.807) is 24.3 Å². The summed E-state index contributed by atoms with van der Waals surface area (Å²) in [5, 5.41) is 3.06. The van der Waals surface area contributed by atoms with Crippen molar-refractivity contribution < 1.29 is 18.0 Å². The maximum Gasteiger partial charge on any atom is 0.416 e. The van der Waals surface area contributed by atoms with E-state index < -0.39 is 17.2 Å². The maximum atomic E-state index is 12.9. The molecule has 0 aliphatic carbocycles. The highest BCUT2D eigenvalue weighted by Gasteiger charge is 2.47. The molecule has 2 aromatic carbocycles. The van der Waals surface area contributed by atoms with Crippen LogP contribution < -0.4 is 5.32 Å². The van der Waals surface area contributed by atoms with Crippen LogP contribution >= 0.6 is 11.6 Å². The molecule has 1 N–H and O–H groups in total. The van der Waals surface area contributed by atoms with E-state index in [4.69, 9.17) is 11.6 Å². The van der Waals surface area contributed by atoms with Gasteiger partial charge in [-0.15, -0.1) is 0 Å². The Kier molecular flexibility index (Phi) is 3.64. The van der Waals surface area contributed by atoms with Crippen molar-refractivity contribution in [3.63, 3.8) is 0 Å². The number of fused-ring (bicyclic) bond motifs is 1. The Balaban J connectivity index is 2.21. The number of carbonyl (C=O) groups is 1. The lowest BCUT2D eigenvalue weighted by Crippen LogP contribution is -2.35. The van der Waals surface area contributed by atoms with E-state index in [9.17, 15) is 18.0 Å². The highest BCUT2D eigenvalue weighted by atomic mass is 35.5. The first-order chi connectivity index (χ1) is 10.8. The van der Waals surface area contributed by atoms with Crippen molar-refractivity contribution in [2.45, 2.75) is 24.9 Å². The SMILES string of the molecule is CCC1(c2cccc(Cl)c2)C(=O)Nc2cc(C(F)(F)F)ccc21. The number of carbonyl (C=O) groups excluding carboxylic acids is 1. The van der Waals surface area contributed by atoms with Crippen LogP contribution in [0.1, 0.15) is 30.0 Å². The van der Waals surface area contributed by atoms with E-state index in [1.165, 1.54) is 6.07 Å². The van der Waals surface area contributed by atoms with Gasteiger partial charge in [0.25, 0.3) is 0 Å². The average molecular weight is 340 g/mol. The van der Waals surface area contributed by atoms with Crippen LogP contribution in [0.25, 0.3) is 0 Å². The van der Waals surface area contributed by atoms with Gasteiger partial charge in [0.2, 0.25) is 5.91 Å². The molecule has 0 radical (unpaired) electrons. The van der Waals surface area contributed by atoms with Crippen LogP contribution in [0, 0.1) is 0 Å². The molecule has 0 spiro atoms. The van der Waals surface area contributed by atoms with Gasteiger partial charge in [0.05, 0.1) is 5.56 Å². The van der Waals surface area contributed by atoms with Gasteiger partial charge in [-0.05, 0) is 41.8 Å². The molecule has 0 saturated carbocycles. The van der Waals surface area contributed by atoms with E-state index in [1.807, 2.05) is 6.92 Å². The molecule has 0 saturated heterocycles. The first-order valence-corrected chi connectivity index (χ1v) is 7.46. The minimum atomic E-state index is -4.45. The average Bonchev–Trinajstić information content (AvgIpc) is 2.77. The monoisotopic (exact) mass is 339 g/mol. The molecule has 23 heavy (non-hydrogen) atoms. The lowest BCUT2D eigenvalue weighted by molar-refractivity contribution is -0.137. The normalized spacial score (nSPS) is 20.3. The van der Waals surface area contributed by atoms with Crippen molar-refractivity contribution in [2.75, 3.05) is 5.32 Å². The van der Waals surface area contributed by atoms with Gasteiger partial charge >= 0.3 is 6.18 Å². The van der Waals surface area contributed by atoms with Crippen molar-refractivity contribution in [2.24, 2.45) is 0 Å². The summed E-state index contributed by atoms with van der Waals surface area (Å²) >= 11 is 6.02. The van der Waals surface area contributed by atoms with Crippen molar-refractivity contribution in [1.29, 1.82) is 0 Å². The van der Waals surface area contributed by atoms with Gasteiger partial charge in [0, 0.05) is 10.7 Å². The Bertz CT molecular complexity index is 788. The molecule has 0 aromatic heterocycles. The quantitative estimate of drug-likeness (QED) is 0.819. The van der Waals surface area contributed by atoms with Gasteiger partial charge in [-0.1, -0.05) is 36.7 Å². The summed E-state index contributed by atoms with van der Waals surface area (Å²) < 4.78 is 38.6. The van der Waals surface area contributed by atoms with E-state index in [0.717, 1.165) is 12.1 Å². The van der Waals surface area contributed by atoms with Crippen LogP contribution in [0.3, 0.4) is 0 Å². The first kappa shape index (κ1) is 15.9. The number of hydrogen-bond acceptors (Lipinski definition) is 1. The van der Waals surface area contributed by atoms with Crippen molar-refractivity contribution >= 4 is 23.2 Å². The van der Waals surface area contributed by atoms with Crippen LogP contribution in [0.5, 0.6) is 0 Å². The Morgan fingerprint density at radius 3 is 2.52 bits per heavy atom. The fourth-order valence-corrected chi connectivity index (χ4v) is 3.33. The molecular weight excluding hydrogens is 327 g/mol. The fraction of sp³-hybridized carbons (Fsp3) is 0.235. The maximum absolute atomic E-state index is 12.9. The Morgan fingerprint density at radius 1 is 1.17 bits per heavy atom. The molecule has 120 valence electrons. The number of anilines is 1. The highest BCUT2D eigenvalue weighted by molar-refractivity contribution is 6.30. The molecule has 1 atom stereocenters. The van der Waals surface area contributed by atoms with Gasteiger partial charge < -0.3 is 5.32 Å². The molecule has 1 aliphatic rings. The molecule has 1 heterocycles. The third kappa shape index (κ3) is 2.39. The molecule has 0 bridgehead atoms. The number of rotatable bonds is 2. The van der Waals surface area contributed by atoms with Crippen LogP contribution in [-0.4, -0.2) is 5.91 Å². The highest BCUT2D eigenvalue weighted by Crippen LogP contribution is 2.47. The van der Waals surface area contributed by atoms with Crippen molar-refractivity contribution in [3.05, 3.63) is 64.2 Å². The zero-order valence-corrected chi connectivity index (χ0v) is 12.9. The molecule has 6 heteroatoms. The number of halogens is 4. The summed E-state index contributed by atoms with van der Waals surface area (Å²) in [5.74, 6) is -0.336. The third-order valence-electron chi connectivity index (χ3n) is 4.29. The summed E-state index contributed by atoms with van der Waals surface area (Å²) in [5.41, 5.74) is -0.394. The number of amides is 1. The van der Waals surface area contributed by atoms with Crippen LogP contribution in [-0.2, 0) is 16.4 Å². The van der Waals surface area contributed by atoms with Crippen molar-refractivity contribution in [3.8, 4) is 0 Å². The molecule has 1 amide bonds. The third-order valence-corrected chi connectivity index (χ3v) is 4.53. The lowest BCUT2D eigenvalue weighted by atomic mass is 9.73. The predicted molar refractivity (Wildman–Crippen MR) is 82.6 cm³/mol. The Labute approximate surface area is 136 Å². The second-order valence-corrected chi connectivity index (χ2v) is 5.92. The van der Waals surface area contributed by atoms with Crippen LogP contribution in [0.4, 0.5) is 18.9 Å². The smallest absolute Gasteiger partial charge is 0.325 e. The minimum absolute atomic E-state index is 0.201. The zero-order valence-electron chi connectivity index (χ0n) is 12.2. The van der Waals surface area contributed by atoms with Crippen LogP contribution in [0.2, 0.25) is 5.02 Å². The van der Waals surface area contributed by atoms with Gasteiger partial charge in [-0.2, -0.15) is 13.2 Å². The molecule has 2 aromatic rings. The van der Waals surface area contributed by atoms with Gasteiger partial charge in [0.15, 0.2) is 0 Å². The standard InChI is InChI=1S/C17H13ClF3NO/c1-2-16(10-4-3-5-12(18)8-10)13-7-6-11(17(19,20)21)9-14(13)22-15(16)23/h3-9H,2H2,1H3,(H,22,23). The zero-order chi connectivity index (χ0) is 16.8. The summed E-state index contributed by atoms with van der Waals surface area (Å²) in [6, 6.07) is 10.2. The molecule has 1 aliphatic heterocycles. The molecular formula is C17H13ClF3NO. The van der Waals surface area contributed by atoms with E-state index in [-0.39, 0.29) is 11.6 Å². The number of nitrogens with one attached hydrogen (secondary N) is 1. The summed E-state index contributed by atoms with van der Waals surface area (Å²) in [7, 11) is 0. The summed E-state index contributed by atoms with van der Waals surface area (Å²) in [6.45, 7) is 1.83. The first-order valence-electron chi connectivity index (χ1n) is 7.08. The number of hydrogen-bond donors (Lipinski definition) is 1. The summed E-state index contributed by atoms with van der Waals surface area (Å²) in [6.07, 6.45) is -4.04. The van der Waals surface area contributed by atoms with Gasteiger partial charge in [-0.3, -0.25) is 4.79 Å². The largest absolute Gasteiger partial charge is 0.416 e. The van der Waals surface area contributed by atoms with Gasteiger partial charge in [-0.25, -0.2) is 0 Å². The predicted octanol–water partition coefficient (Wildman–Crippen LogP) is 5.01. The molecule has 2 nitrogen and oxygen atoms in total. The van der Waals surface area contributed by atoms with E-state index in [0.29, 0.717) is 22.6 Å². The second-order valence-electron chi connectivity index (χ2n) is 5.48. The summed E-state index contributed by atoms with van der Waals surface area (Å²) in [4.78, 5) is 12.6.